The van der Waals surface area contributed by atoms with Crippen molar-refractivity contribution >= 4 is 15.8 Å². The van der Waals surface area contributed by atoms with Gasteiger partial charge in [0.1, 0.15) is 9.84 Å². The van der Waals surface area contributed by atoms with Gasteiger partial charge in [-0.1, -0.05) is 17.6 Å². The van der Waals surface area contributed by atoms with E-state index in [1.54, 1.807) is 24.7 Å². The Balaban J connectivity index is 1.36. The molecule has 0 unspecified atom stereocenters. The lowest BCUT2D eigenvalue weighted by molar-refractivity contribution is 0.272. The predicted molar refractivity (Wildman–Crippen MR) is 125 cm³/mol. The molecule has 10 nitrogen and oxygen atoms in total. The Morgan fingerprint density at radius 2 is 1.74 bits per heavy atom. The maximum absolute atomic E-state index is 11.4. The summed E-state index contributed by atoms with van der Waals surface area (Å²) in [6.07, 6.45) is 11.2. The van der Waals surface area contributed by atoms with Gasteiger partial charge >= 0.3 is 0 Å². The van der Waals surface area contributed by atoms with E-state index in [1.165, 1.54) is 6.26 Å². The molecule has 0 aliphatic heterocycles. The number of rotatable bonds is 7. The van der Waals surface area contributed by atoms with Gasteiger partial charge in [0.25, 0.3) is 5.89 Å². The van der Waals surface area contributed by atoms with Gasteiger partial charge in [0.05, 0.1) is 22.4 Å². The average Bonchev–Trinajstić information content (AvgIpc) is 3.28. The van der Waals surface area contributed by atoms with Crippen LogP contribution in [0.25, 0.3) is 22.7 Å². The zero-order valence-corrected chi connectivity index (χ0v) is 19.4. The van der Waals surface area contributed by atoms with Crippen LogP contribution < -0.4 is 5.73 Å². The highest BCUT2D eigenvalue weighted by Crippen LogP contribution is 2.48. The van der Waals surface area contributed by atoms with Gasteiger partial charge in [-0.2, -0.15) is 4.98 Å². The second-order valence-corrected chi connectivity index (χ2v) is 10.8. The van der Waals surface area contributed by atoms with Crippen molar-refractivity contribution in [2.24, 2.45) is 0 Å². The van der Waals surface area contributed by atoms with Crippen molar-refractivity contribution in [2.45, 2.75) is 31.1 Å². The van der Waals surface area contributed by atoms with Crippen molar-refractivity contribution in [1.82, 2.24) is 30.1 Å². The summed E-state index contributed by atoms with van der Waals surface area (Å²) in [5.74, 6) is 1.29. The molecular weight excluding hydrogens is 454 g/mol. The first-order valence-corrected chi connectivity index (χ1v) is 12.9. The van der Waals surface area contributed by atoms with E-state index in [2.05, 4.69) is 30.1 Å². The predicted octanol–water partition coefficient (Wildman–Crippen LogP) is 2.62. The van der Waals surface area contributed by atoms with Gasteiger partial charge in [0.2, 0.25) is 5.95 Å². The molecule has 0 saturated heterocycles. The summed E-state index contributed by atoms with van der Waals surface area (Å²) in [6, 6.07) is 7.57. The summed E-state index contributed by atoms with van der Waals surface area (Å²) >= 11 is 0. The molecule has 0 radical (unpaired) electrons. The Labute approximate surface area is 196 Å². The zero-order chi connectivity index (χ0) is 23.8. The molecule has 1 aliphatic carbocycles. The minimum atomic E-state index is -3.04. The fraction of sp³-hybridized carbons (Fsp3) is 0.304. The molecule has 4 aromatic heterocycles. The number of hydrogen-bond donors (Lipinski definition) is 1. The van der Waals surface area contributed by atoms with E-state index in [-0.39, 0.29) is 17.1 Å². The number of aryl methyl sites for hydroxylation is 1. The van der Waals surface area contributed by atoms with Crippen molar-refractivity contribution in [3.8, 4) is 22.7 Å². The van der Waals surface area contributed by atoms with E-state index in [0.29, 0.717) is 29.4 Å². The molecule has 0 spiro atoms. The third-order valence-electron chi connectivity index (χ3n) is 6.15. The number of anilines is 1. The minimum absolute atomic E-state index is 0.0603. The molecule has 0 bridgehead atoms. The van der Waals surface area contributed by atoms with Crippen LogP contribution in [0.4, 0.5) is 5.95 Å². The number of nitrogens with two attached hydrogens (primary N) is 1. The maximum Gasteiger partial charge on any atom is 0.259 e. The first kappa shape index (κ1) is 22.1. The number of nitrogens with zero attached hydrogens (tertiary/aromatic N) is 6. The lowest BCUT2D eigenvalue weighted by atomic mass is 9.64. The highest BCUT2D eigenvalue weighted by molar-refractivity contribution is 7.90. The van der Waals surface area contributed by atoms with Crippen molar-refractivity contribution in [1.29, 1.82) is 0 Å². The molecule has 174 valence electrons. The normalized spacial score (nSPS) is 15.1. The van der Waals surface area contributed by atoms with Gasteiger partial charge in [0, 0.05) is 48.7 Å². The molecule has 0 amide bonds. The molecule has 4 aromatic rings. The van der Waals surface area contributed by atoms with Crippen LogP contribution in [0, 0.1) is 0 Å². The first-order valence-electron chi connectivity index (χ1n) is 10.8. The molecule has 0 aromatic carbocycles. The molecule has 1 aliphatic rings. The highest BCUT2D eigenvalue weighted by Gasteiger charge is 2.44. The van der Waals surface area contributed by atoms with Gasteiger partial charge < -0.3 is 10.3 Å². The van der Waals surface area contributed by atoms with E-state index in [4.69, 9.17) is 10.3 Å². The summed E-state index contributed by atoms with van der Waals surface area (Å²) < 4.78 is 28.3. The van der Waals surface area contributed by atoms with Gasteiger partial charge in [-0.3, -0.25) is 9.97 Å². The smallest absolute Gasteiger partial charge is 0.259 e. The van der Waals surface area contributed by atoms with E-state index in [9.17, 15) is 8.42 Å². The number of pyridine rings is 2. The topological polar surface area (TPSA) is 151 Å². The van der Waals surface area contributed by atoms with Crippen LogP contribution in [0.2, 0.25) is 0 Å². The number of aromatic nitrogens is 6. The Hall–Kier alpha value is -3.73. The van der Waals surface area contributed by atoms with Crippen LogP contribution in [0.1, 0.15) is 36.3 Å². The fourth-order valence-electron chi connectivity index (χ4n) is 4.01. The number of sulfone groups is 1. The Bertz CT molecular complexity index is 1400. The molecule has 0 atom stereocenters. The molecule has 1 fully saturated rings. The third kappa shape index (κ3) is 4.38. The largest absolute Gasteiger partial charge is 0.368 e. The van der Waals surface area contributed by atoms with Crippen LogP contribution in [-0.2, 0) is 21.7 Å². The minimum Gasteiger partial charge on any atom is -0.368 e. The molecule has 2 N–H and O–H groups in total. The summed E-state index contributed by atoms with van der Waals surface area (Å²) in [4.78, 5) is 21.7. The highest BCUT2D eigenvalue weighted by atomic mass is 32.2. The van der Waals surface area contributed by atoms with Gasteiger partial charge in [-0.15, -0.1) is 0 Å². The van der Waals surface area contributed by atoms with Gasteiger partial charge in [-0.25, -0.2) is 18.4 Å². The SMILES string of the molecule is CS(=O)(=O)CCc1ccc(-c2nc(C3(c4ccc(-c5cnc(N)nc5)nc4)CCC3)no2)cn1. The van der Waals surface area contributed by atoms with Gasteiger partial charge in [0.15, 0.2) is 5.82 Å². The van der Waals surface area contributed by atoms with Crippen LogP contribution in [0.3, 0.4) is 0 Å². The van der Waals surface area contributed by atoms with Crippen molar-refractivity contribution in [3.05, 3.63) is 66.1 Å². The molecule has 11 heteroatoms. The molecular formula is C23H23N7O3S. The van der Waals surface area contributed by atoms with E-state index < -0.39 is 9.84 Å². The maximum atomic E-state index is 11.4. The molecule has 5 rings (SSSR count). The van der Waals surface area contributed by atoms with E-state index in [0.717, 1.165) is 36.1 Å². The Kier molecular flexibility index (Phi) is 5.56. The summed E-state index contributed by atoms with van der Waals surface area (Å²) in [7, 11) is -3.04. The van der Waals surface area contributed by atoms with E-state index in [1.807, 2.05) is 24.4 Å². The second-order valence-electron chi connectivity index (χ2n) is 8.54. The Morgan fingerprint density at radius 3 is 2.32 bits per heavy atom. The standard InChI is InChI=1S/C23H23N7O3S/c1-34(31,32)10-7-18-5-3-15(11-25-18)20-29-21(30-33-20)23(8-2-9-23)17-4-6-19(26-14-17)16-12-27-22(24)28-13-16/h3-6,11-14H,2,7-10H2,1H3,(H2,24,27,28). The lowest BCUT2D eigenvalue weighted by Gasteiger charge is -2.39. The summed E-state index contributed by atoms with van der Waals surface area (Å²) in [5.41, 5.74) is 9.19. The Morgan fingerprint density at radius 1 is 0.971 bits per heavy atom. The van der Waals surface area contributed by atoms with Crippen LogP contribution in [0.15, 0.2) is 53.6 Å². The molecule has 34 heavy (non-hydrogen) atoms. The quantitative estimate of drug-likeness (QED) is 0.420. The third-order valence-corrected chi connectivity index (χ3v) is 7.09. The summed E-state index contributed by atoms with van der Waals surface area (Å²) in [5, 5.41) is 4.29. The fourth-order valence-corrected chi connectivity index (χ4v) is 4.59. The molecule has 4 heterocycles. The first-order chi connectivity index (χ1) is 16.3. The second kappa shape index (κ2) is 8.56. The monoisotopic (exact) mass is 477 g/mol. The van der Waals surface area contributed by atoms with Crippen molar-refractivity contribution < 1.29 is 12.9 Å². The van der Waals surface area contributed by atoms with Crippen molar-refractivity contribution in [2.75, 3.05) is 17.7 Å². The van der Waals surface area contributed by atoms with E-state index >= 15 is 0 Å². The van der Waals surface area contributed by atoms with Crippen molar-refractivity contribution in [3.63, 3.8) is 0 Å². The average molecular weight is 478 g/mol. The number of nitrogen functional groups attached to an aromatic ring is 1. The number of hydrogen-bond acceptors (Lipinski definition) is 10. The summed E-state index contributed by atoms with van der Waals surface area (Å²) in [6.45, 7) is 0. The lowest BCUT2D eigenvalue weighted by Crippen LogP contribution is -2.36. The van der Waals surface area contributed by atoms with Crippen LogP contribution >= 0.6 is 0 Å². The van der Waals surface area contributed by atoms with Gasteiger partial charge in [-0.05, 0) is 36.6 Å². The van der Waals surface area contributed by atoms with Crippen LogP contribution in [-0.4, -0.2) is 50.5 Å². The van der Waals surface area contributed by atoms with Crippen LogP contribution in [0.5, 0.6) is 0 Å². The zero-order valence-electron chi connectivity index (χ0n) is 18.5. The molecule has 1 saturated carbocycles.